The van der Waals surface area contributed by atoms with Gasteiger partial charge in [-0.25, -0.2) is 0 Å². The highest BCUT2D eigenvalue weighted by molar-refractivity contribution is 5.96. The average Bonchev–Trinajstić information content (AvgIpc) is 3.04. The highest BCUT2D eigenvalue weighted by Crippen LogP contribution is 2.41. The zero-order valence-corrected chi connectivity index (χ0v) is 14.2. The molecular formula is C22H19NO3. The van der Waals surface area contributed by atoms with E-state index in [9.17, 15) is 15.0 Å². The van der Waals surface area contributed by atoms with Crippen LogP contribution in [0.5, 0.6) is 11.5 Å². The van der Waals surface area contributed by atoms with Crippen molar-refractivity contribution in [2.24, 2.45) is 0 Å². The number of phenolic OH excluding ortho intramolecular Hbond substituents is 2. The smallest absolute Gasteiger partial charge is 0.227 e. The van der Waals surface area contributed by atoms with Gasteiger partial charge in [-0.05, 0) is 41.8 Å². The van der Waals surface area contributed by atoms with Crippen molar-refractivity contribution in [1.82, 2.24) is 0 Å². The van der Waals surface area contributed by atoms with Gasteiger partial charge in [-0.3, -0.25) is 4.79 Å². The predicted molar refractivity (Wildman–Crippen MR) is 101 cm³/mol. The van der Waals surface area contributed by atoms with E-state index in [1.165, 1.54) is 12.1 Å². The third-order valence-corrected chi connectivity index (χ3v) is 4.84. The Morgan fingerprint density at radius 1 is 0.846 bits per heavy atom. The summed E-state index contributed by atoms with van der Waals surface area (Å²) in [5.74, 6) is 0.0554. The Bertz CT molecular complexity index is 935. The summed E-state index contributed by atoms with van der Waals surface area (Å²) in [5, 5.41) is 19.7. The van der Waals surface area contributed by atoms with Crippen molar-refractivity contribution in [2.45, 2.75) is 18.9 Å². The maximum atomic E-state index is 12.5. The molecule has 0 radical (unpaired) electrons. The van der Waals surface area contributed by atoms with Crippen molar-refractivity contribution in [3.63, 3.8) is 0 Å². The molecule has 1 aliphatic rings. The van der Waals surface area contributed by atoms with E-state index in [0.29, 0.717) is 18.4 Å². The number of hydrogen-bond donors (Lipinski definition) is 2. The minimum absolute atomic E-state index is 0.00865. The van der Waals surface area contributed by atoms with Crippen molar-refractivity contribution in [3.8, 4) is 22.6 Å². The fraction of sp³-hybridized carbons (Fsp3) is 0.136. The molecule has 3 aromatic rings. The topological polar surface area (TPSA) is 60.8 Å². The number of anilines is 1. The summed E-state index contributed by atoms with van der Waals surface area (Å²) in [6, 6.07) is 22.3. The summed E-state index contributed by atoms with van der Waals surface area (Å²) in [6.07, 6.45) is 1.07. The number of benzene rings is 3. The summed E-state index contributed by atoms with van der Waals surface area (Å²) < 4.78 is 0. The SMILES string of the molecule is O=C1CCC(c2ccc(O)cc2O)N1c1ccc(-c2ccccc2)cc1. The lowest BCUT2D eigenvalue weighted by molar-refractivity contribution is -0.117. The number of phenols is 2. The number of rotatable bonds is 3. The Kier molecular flexibility index (Phi) is 4.09. The van der Waals surface area contributed by atoms with Gasteiger partial charge in [0.1, 0.15) is 11.5 Å². The van der Waals surface area contributed by atoms with E-state index in [1.807, 2.05) is 54.6 Å². The number of hydrogen-bond acceptors (Lipinski definition) is 3. The molecule has 2 N–H and O–H groups in total. The van der Waals surface area contributed by atoms with E-state index in [0.717, 1.165) is 16.8 Å². The standard InChI is InChI=1S/C22H19NO3/c24-18-10-11-19(21(25)14-18)20-12-13-22(26)23(20)17-8-6-16(7-9-17)15-4-2-1-3-5-15/h1-11,14,20,24-25H,12-13H2. The summed E-state index contributed by atoms with van der Waals surface area (Å²) in [6.45, 7) is 0. The molecule has 0 aromatic heterocycles. The lowest BCUT2D eigenvalue weighted by Gasteiger charge is -2.26. The molecule has 0 bridgehead atoms. The molecule has 1 atom stereocenters. The Balaban J connectivity index is 1.67. The van der Waals surface area contributed by atoms with Crippen LogP contribution < -0.4 is 4.90 Å². The van der Waals surface area contributed by atoms with Gasteiger partial charge in [0.15, 0.2) is 0 Å². The normalized spacial score (nSPS) is 16.8. The van der Waals surface area contributed by atoms with Crippen LogP contribution in [0.4, 0.5) is 5.69 Å². The number of amides is 1. The van der Waals surface area contributed by atoms with Crippen molar-refractivity contribution in [1.29, 1.82) is 0 Å². The van der Waals surface area contributed by atoms with Crippen LogP contribution >= 0.6 is 0 Å². The Labute approximate surface area is 152 Å². The van der Waals surface area contributed by atoms with Gasteiger partial charge >= 0.3 is 0 Å². The molecule has 26 heavy (non-hydrogen) atoms. The van der Waals surface area contributed by atoms with Crippen LogP contribution in [0.15, 0.2) is 72.8 Å². The van der Waals surface area contributed by atoms with Crippen LogP contribution in [0.1, 0.15) is 24.4 Å². The van der Waals surface area contributed by atoms with E-state index in [1.54, 1.807) is 11.0 Å². The Hall–Kier alpha value is -3.27. The lowest BCUT2D eigenvalue weighted by Crippen LogP contribution is -2.27. The van der Waals surface area contributed by atoms with Gasteiger partial charge in [0.25, 0.3) is 0 Å². The summed E-state index contributed by atoms with van der Waals surface area (Å²) in [5.41, 5.74) is 3.68. The molecule has 1 unspecified atom stereocenters. The zero-order chi connectivity index (χ0) is 18.1. The zero-order valence-electron chi connectivity index (χ0n) is 14.2. The van der Waals surface area contributed by atoms with Crippen molar-refractivity contribution >= 4 is 11.6 Å². The predicted octanol–water partition coefficient (Wildman–Crippen LogP) is 4.63. The Morgan fingerprint density at radius 3 is 2.23 bits per heavy atom. The first-order chi connectivity index (χ1) is 12.6. The van der Waals surface area contributed by atoms with Gasteiger partial charge in [-0.1, -0.05) is 42.5 Å². The number of carbonyl (C=O) groups excluding carboxylic acids is 1. The van der Waals surface area contributed by atoms with E-state index in [2.05, 4.69) is 0 Å². The molecule has 130 valence electrons. The van der Waals surface area contributed by atoms with Gasteiger partial charge < -0.3 is 15.1 Å². The molecule has 0 spiro atoms. The van der Waals surface area contributed by atoms with Gasteiger partial charge in [-0.15, -0.1) is 0 Å². The van der Waals surface area contributed by atoms with E-state index in [4.69, 9.17) is 0 Å². The van der Waals surface area contributed by atoms with Crippen LogP contribution in [0.25, 0.3) is 11.1 Å². The van der Waals surface area contributed by atoms with Crippen LogP contribution in [0, 0.1) is 0 Å². The second-order valence-electron chi connectivity index (χ2n) is 6.47. The first-order valence-electron chi connectivity index (χ1n) is 8.63. The van der Waals surface area contributed by atoms with Crippen LogP contribution in [-0.4, -0.2) is 16.1 Å². The van der Waals surface area contributed by atoms with Crippen molar-refractivity contribution < 1.29 is 15.0 Å². The van der Waals surface area contributed by atoms with E-state index < -0.39 is 0 Å². The molecule has 1 amide bonds. The van der Waals surface area contributed by atoms with Crippen LogP contribution in [-0.2, 0) is 4.79 Å². The third-order valence-electron chi connectivity index (χ3n) is 4.84. The molecule has 4 heteroatoms. The highest BCUT2D eigenvalue weighted by Gasteiger charge is 2.34. The molecule has 1 heterocycles. The quantitative estimate of drug-likeness (QED) is 0.727. The number of aromatic hydroxyl groups is 2. The van der Waals surface area contributed by atoms with E-state index in [-0.39, 0.29) is 23.4 Å². The molecule has 4 nitrogen and oxygen atoms in total. The molecule has 1 aliphatic heterocycles. The Morgan fingerprint density at radius 2 is 1.54 bits per heavy atom. The molecule has 4 rings (SSSR count). The largest absolute Gasteiger partial charge is 0.508 e. The van der Waals surface area contributed by atoms with E-state index >= 15 is 0 Å². The lowest BCUT2D eigenvalue weighted by atomic mass is 10.0. The molecule has 0 aliphatic carbocycles. The van der Waals surface area contributed by atoms with Gasteiger partial charge in [-0.2, -0.15) is 0 Å². The van der Waals surface area contributed by atoms with Gasteiger partial charge in [0, 0.05) is 23.7 Å². The first-order valence-corrected chi connectivity index (χ1v) is 8.63. The van der Waals surface area contributed by atoms with Crippen LogP contribution in [0.3, 0.4) is 0 Å². The second kappa shape index (κ2) is 6.56. The molecule has 1 fully saturated rings. The molecule has 0 saturated carbocycles. The fourth-order valence-electron chi connectivity index (χ4n) is 3.56. The molecule has 1 saturated heterocycles. The van der Waals surface area contributed by atoms with Crippen molar-refractivity contribution in [2.75, 3.05) is 4.90 Å². The monoisotopic (exact) mass is 345 g/mol. The maximum Gasteiger partial charge on any atom is 0.227 e. The second-order valence-corrected chi connectivity index (χ2v) is 6.47. The van der Waals surface area contributed by atoms with Gasteiger partial charge in [0.05, 0.1) is 6.04 Å². The number of nitrogens with zero attached hydrogens (tertiary/aromatic N) is 1. The van der Waals surface area contributed by atoms with Gasteiger partial charge in [0.2, 0.25) is 5.91 Å². The summed E-state index contributed by atoms with van der Waals surface area (Å²) >= 11 is 0. The fourth-order valence-corrected chi connectivity index (χ4v) is 3.56. The van der Waals surface area contributed by atoms with Crippen molar-refractivity contribution in [3.05, 3.63) is 78.4 Å². The summed E-state index contributed by atoms with van der Waals surface area (Å²) in [7, 11) is 0. The highest BCUT2D eigenvalue weighted by atomic mass is 16.3. The van der Waals surface area contributed by atoms with Crippen LogP contribution in [0.2, 0.25) is 0 Å². The minimum Gasteiger partial charge on any atom is -0.508 e. The minimum atomic E-state index is -0.231. The number of carbonyl (C=O) groups is 1. The molecular weight excluding hydrogens is 326 g/mol. The average molecular weight is 345 g/mol. The first kappa shape index (κ1) is 16.2. The third kappa shape index (κ3) is 2.90. The summed E-state index contributed by atoms with van der Waals surface area (Å²) in [4.78, 5) is 14.2. The molecule has 3 aromatic carbocycles. The maximum absolute atomic E-state index is 12.5.